The molecule has 7 nitrogen and oxygen atoms in total. The van der Waals surface area contributed by atoms with Crippen LogP contribution < -0.4 is 0 Å². The molecule has 0 saturated carbocycles. The van der Waals surface area contributed by atoms with Gasteiger partial charge in [0.2, 0.25) is 0 Å². The van der Waals surface area contributed by atoms with E-state index in [1.54, 1.807) is 6.20 Å². The Kier molecular flexibility index (Phi) is 3.99. The SMILES string of the molecule is CS(=O)(=O)CCn1cc(CCC(=O)O)nn1. The standard InChI is InChI=1S/C8H13N3O4S/c1-16(14,15)5-4-11-6-7(9-10-11)2-3-8(12)13/h6H,2-5H2,1H3,(H,12,13). The van der Waals surface area contributed by atoms with Crippen molar-refractivity contribution in [2.24, 2.45) is 0 Å². The Morgan fingerprint density at radius 2 is 2.25 bits per heavy atom. The monoisotopic (exact) mass is 247 g/mol. The van der Waals surface area contributed by atoms with Gasteiger partial charge in [-0.1, -0.05) is 5.21 Å². The molecule has 1 N–H and O–H groups in total. The van der Waals surface area contributed by atoms with Crippen molar-refractivity contribution in [1.29, 1.82) is 0 Å². The minimum absolute atomic E-state index is 0.00523. The number of sulfone groups is 1. The second kappa shape index (κ2) is 5.06. The third-order valence-electron chi connectivity index (χ3n) is 1.87. The Balaban J connectivity index is 2.48. The first-order chi connectivity index (χ1) is 7.37. The lowest BCUT2D eigenvalue weighted by Crippen LogP contribution is -2.11. The van der Waals surface area contributed by atoms with Crippen LogP contribution in [0, 0.1) is 0 Å². The number of carbonyl (C=O) groups is 1. The molecule has 90 valence electrons. The molecule has 0 fully saturated rings. The maximum atomic E-state index is 10.9. The smallest absolute Gasteiger partial charge is 0.303 e. The summed E-state index contributed by atoms with van der Waals surface area (Å²) in [6.07, 6.45) is 3.00. The molecule has 0 unspecified atom stereocenters. The lowest BCUT2D eigenvalue weighted by Gasteiger charge is -1.97. The fourth-order valence-electron chi connectivity index (χ4n) is 1.06. The molecule has 0 amide bonds. The van der Waals surface area contributed by atoms with Crippen molar-refractivity contribution in [3.8, 4) is 0 Å². The molecule has 1 rings (SSSR count). The Morgan fingerprint density at radius 1 is 1.56 bits per heavy atom. The highest BCUT2D eigenvalue weighted by molar-refractivity contribution is 7.90. The second-order valence-electron chi connectivity index (χ2n) is 3.50. The van der Waals surface area contributed by atoms with Crippen molar-refractivity contribution in [3.05, 3.63) is 11.9 Å². The van der Waals surface area contributed by atoms with Crippen molar-refractivity contribution in [3.63, 3.8) is 0 Å². The van der Waals surface area contributed by atoms with Gasteiger partial charge in [0.1, 0.15) is 9.84 Å². The average molecular weight is 247 g/mol. The maximum absolute atomic E-state index is 10.9. The fraction of sp³-hybridized carbons (Fsp3) is 0.625. The molecule has 0 aliphatic rings. The Bertz CT molecular complexity index is 465. The van der Waals surface area contributed by atoms with Crippen LogP contribution in [0.5, 0.6) is 0 Å². The van der Waals surface area contributed by atoms with Gasteiger partial charge in [-0.2, -0.15) is 0 Å². The van der Waals surface area contributed by atoms with E-state index in [2.05, 4.69) is 10.3 Å². The Labute approximate surface area is 93.0 Å². The molecule has 1 heterocycles. The molecule has 0 aliphatic carbocycles. The van der Waals surface area contributed by atoms with E-state index >= 15 is 0 Å². The molecule has 8 heteroatoms. The summed E-state index contributed by atoms with van der Waals surface area (Å²) >= 11 is 0. The van der Waals surface area contributed by atoms with Crippen LogP contribution >= 0.6 is 0 Å². The number of hydrogen-bond acceptors (Lipinski definition) is 5. The molecule has 16 heavy (non-hydrogen) atoms. The van der Waals surface area contributed by atoms with Crippen LogP contribution in [-0.4, -0.2) is 46.5 Å². The third-order valence-corrected chi connectivity index (χ3v) is 2.80. The number of carboxylic acids is 1. The molecule has 0 spiro atoms. The first-order valence-corrected chi connectivity index (χ1v) is 6.71. The van der Waals surface area contributed by atoms with Crippen molar-refractivity contribution in [1.82, 2.24) is 15.0 Å². The number of aryl methyl sites for hydroxylation is 2. The summed E-state index contributed by atoms with van der Waals surface area (Å²) in [4.78, 5) is 10.3. The van der Waals surface area contributed by atoms with E-state index in [-0.39, 0.29) is 18.7 Å². The Morgan fingerprint density at radius 3 is 2.81 bits per heavy atom. The van der Waals surface area contributed by atoms with Gasteiger partial charge in [-0.15, -0.1) is 5.10 Å². The molecule has 1 aromatic heterocycles. The highest BCUT2D eigenvalue weighted by Crippen LogP contribution is 1.98. The van der Waals surface area contributed by atoms with Crippen LogP contribution in [0.3, 0.4) is 0 Å². The van der Waals surface area contributed by atoms with E-state index in [1.165, 1.54) is 4.68 Å². The van der Waals surface area contributed by atoms with Gasteiger partial charge in [-0.05, 0) is 0 Å². The summed E-state index contributed by atoms with van der Waals surface area (Å²) in [5.41, 5.74) is 0.552. The summed E-state index contributed by atoms with van der Waals surface area (Å²) in [6, 6.07) is 0. The molecule has 0 aliphatic heterocycles. The number of nitrogens with zero attached hydrogens (tertiary/aromatic N) is 3. The van der Waals surface area contributed by atoms with E-state index in [9.17, 15) is 13.2 Å². The number of hydrogen-bond donors (Lipinski definition) is 1. The second-order valence-corrected chi connectivity index (χ2v) is 5.76. The molecule has 0 atom stereocenters. The number of carboxylic acid groups (broad SMARTS) is 1. The molecule has 1 aromatic rings. The van der Waals surface area contributed by atoms with Crippen molar-refractivity contribution < 1.29 is 18.3 Å². The van der Waals surface area contributed by atoms with E-state index in [0.29, 0.717) is 12.1 Å². The minimum Gasteiger partial charge on any atom is -0.481 e. The predicted molar refractivity (Wildman–Crippen MR) is 55.7 cm³/mol. The van der Waals surface area contributed by atoms with Crippen LogP contribution in [-0.2, 0) is 27.6 Å². The minimum atomic E-state index is -3.02. The zero-order valence-corrected chi connectivity index (χ0v) is 9.64. The first kappa shape index (κ1) is 12.6. The van der Waals surface area contributed by atoms with Crippen LogP contribution in [0.15, 0.2) is 6.20 Å². The van der Waals surface area contributed by atoms with E-state index in [1.807, 2.05) is 0 Å². The lowest BCUT2D eigenvalue weighted by molar-refractivity contribution is -0.136. The van der Waals surface area contributed by atoms with E-state index < -0.39 is 15.8 Å². The molecule has 0 radical (unpaired) electrons. The zero-order chi connectivity index (χ0) is 12.2. The van der Waals surface area contributed by atoms with Gasteiger partial charge in [0.25, 0.3) is 0 Å². The van der Waals surface area contributed by atoms with Crippen LogP contribution in [0.4, 0.5) is 0 Å². The van der Waals surface area contributed by atoms with Gasteiger partial charge in [0.15, 0.2) is 0 Å². The van der Waals surface area contributed by atoms with Crippen LogP contribution in [0.2, 0.25) is 0 Å². The number of aliphatic carboxylic acids is 1. The van der Waals surface area contributed by atoms with Gasteiger partial charge in [-0.3, -0.25) is 9.48 Å². The van der Waals surface area contributed by atoms with Gasteiger partial charge < -0.3 is 5.11 Å². The highest BCUT2D eigenvalue weighted by atomic mass is 32.2. The molecule has 0 aromatic carbocycles. The summed E-state index contributed by atoms with van der Waals surface area (Å²) < 4.78 is 23.2. The Hall–Kier alpha value is -1.44. The van der Waals surface area contributed by atoms with Gasteiger partial charge in [0.05, 0.1) is 24.4 Å². The summed E-state index contributed by atoms with van der Waals surface area (Å²) in [5, 5.41) is 15.9. The molecular formula is C8H13N3O4S. The van der Waals surface area contributed by atoms with E-state index in [4.69, 9.17) is 5.11 Å². The quantitative estimate of drug-likeness (QED) is 0.716. The summed E-state index contributed by atoms with van der Waals surface area (Å²) in [7, 11) is -3.02. The first-order valence-electron chi connectivity index (χ1n) is 4.65. The number of rotatable bonds is 6. The topological polar surface area (TPSA) is 102 Å². The predicted octanol–water partition coefficient (Wildman–Crippen LogP) is -0.660. The van der Waals surface area contributed by atoms with Crippen LogP contribution in [0.25, 0.3) is 0 Å². The number of aromatic nitrogens is 3. The van der Waals surface area contributed by atoms with Crippen molar-refractivity contribution in [2.75, 3.05) is 12.0 Å². The largest absolute Gasteiger partial charge is 0.481 e. The fourth-order valence-corrected chi connectivity index (χ4v) is 1.58. The summed E-state index contributed by atoms with van der Waals surface area (Å²) in [6.45, 7) is 0.235. The highest BCUT2D eigenvalue weighted by Gasteiger charge is 2.06. The third kappa shape index (κ3) is 4.87. The molecule has 0 saturated heterocycles. The zero-order valence-electron chi connectivity index (χ0n) is 8.83. The maximum Gasteiger partial charge on any atom is 0.303 e. The van der Waals surface area contributed by atoms with Crippen LogP contribution in [0.1, 0.15) is 12.1 Å². The van der Waals surface area contributed by atoms with Gasteiger partial charge in [-0.25, -0.2) is 8.42 Å². The van der Waals surface area contributed by atoms with Crippen molar-refractivity contribution in [2.45, 2.75) is 19.4 Å². The van der Waals surface area contributed by atoms with Gasteiger partial charge in [0, 0.05) is 18.9 Å². The van der Waals surface area contributed by atoms with Gasteiger partial charge >= 0.3 is 5.97 Å². The van der Waals surface area contributed by atoms with E-state index in [0.717, 1.165) is 6.26 Å². The average Bonchev–Trinajstić information content (AvgIpc) is 2.58. The molecular weight excluding hydrogens is 234 g/mol. The normalized spacial score (nSPS) is 11.6. The lowest BCUT2D eigenvalue weighted by atomic mass is 10.2. The van der Waals surface area contributed by atoms with Crippen molar-refractivity contribution >= 4 is 15.8 Å². The molecule has 0 bridgehead atoms. The summed E-state index contributed by atoms with van der Waals surface area (Å²) in [5.74, 6) is -0.903.